The number of benzene rings is 2. The van der Waals surface area contributed by atoms with Crippen molar-refractivity contribution in [2.75, 3.05) is 7.11 Å². The van der Waals surface area contributed by atoms with Gasteiger partial charge in [0.1, 0.15) is 17.1 Å². The maximum Gasteiger partial charge on any atom is 0.220 e. The Hall–Kier alpha value is -3.58. The van der Waals surface area contributed by atoms with Crippen molar-refractivity contribution < 1.29 is 9.13 Å². The van der Waals surface area contributed by atoms with Gasteiger partial charge in [-0.15, -0.1) is 10.2 Å². The number of ether oxygens (including phenoxy) is 1. The number of rotatable bonds is 3. The third-order valence-corrected chi connectivity index (χ3v) is 5.30. The average molecular weight is 420 g/mol. The molecule has 0 bridgehead atoms. The second-order valence-electron chi connectivity index (χ2n) is 6.77. The van der Waals surface area contributed by atoms with Crippen LogP contribution in [0.1, 0.15) is 5.69 Å². The highest BCUT2D eigenvalue weighted by Crippen LogP contribution is 2.34. The largest absolute Gasteiger partial charge is 0.497 e. The molecule has 148 valence electrons. The van der Waals surface area contributed by atoms with Gasteiger partial charge in [0.25, 0.3) is 0 Å². The fraction of sp³-hybridized carbons (Fsp3) is 0.0909. The van der Waals surface area contributed by atoms with Crippen LogP contribution in [0.2, 0.25) is 5.02 Å². The van der Waals surface area contributed by atoms with Crippen molar-refractivity contribution in [2.24, 2.45) is 0 Å². The van der Waals surface area contributed by atoms with Crippen LogP contribution in [0, 0.1) is 12.9 Å². The minimum Gasteiger partial charge on any atom is -0.497 e. The van der Waals surface area contributed by atoms with E-state index in [0.29, 0.717) is 50.1 Å². The monoisotopic (exact) mass is 419 g/mol. The van der Waals surface area contributed by atoms with Crippen LogP contribution in [0.4, 0.5) is 4.39 Å². The lowest BCUT2D eigenvalue weighted by Crippen LogP contribution is -1.99. The van der Waals surface area contributed by atoms with Gasteiger partial charge >= 0.3 is 0 Å². The number of nitrogens with zero attached hydrogens (tertiary/aromatic N) is 5. The van der Waals surface area contributed by atoms with Crippen LogP contribution in [0.5, 0.6) is 5.75 Å². The molecular weight excluding hydrogens is 405 g/mol. The number of imidazole rings is 1. The highest BCUT2D eigenvalue weighted by molar-refractivity contribution is 6.33. The molecule has 0 unspecified atom stereocenters. The highest BCUT2D eigenvalue weighted by atomic mass is 35.5. The highest BCUT2D eigenvalue weighted by Gasteiger charge is 2.18. The fourth-order valence-electron chi connectivity index (χ4n) is 3.51. The molecular formula is C22H15ClFN5O. The molecule has 0 N–H and O–H groups in total. The summed E-state index contributed by atoms with van der Waals surface area (Å²) in [5.41, 5.74) is 4.46. The van der Waals surface area contributed by atoms with Gasteiger partial charge in [0.15, 0.2) is 5.65 Å². The summed E-state index contributed by atoms with van der Waals surface area (Å²) in [5.74, 6) is 0.733. The van der Waals surface area contributed by atoms with E-state index in [4.69, 9.17) is 21.3 Å². The Kier molecular flexibility index (Phi) is 4.33. The summed E-state index contributed by atoms with van der Waals surface area (Å²) >= 11 is 6.49. The lowest BCUT2D eigenvalue weighted by Gasteiger charge is -2.10. The van der Waals surface area contributed by atoms with E-state index in [1.165, 1.54) is 6.20 Å². The van der Waals surface area contributed by atoms with Gasteiger partial charge in [-0.2, -0.15) is 4.39 Å². The summed E-state index contributed by atoms with van der Waals surface area (Å²) in [6.07, 6.45) is 1.42. The Morgan fingerprint density at radius 1 is 1.03 bits per heavy atom. The van der Waals surface area contributed by atoms with Crippen molar-refractivity contribution in [1.29, 1.82) is 0 Å². The zero-order valence-electron chi connectivity index (χ0n) is 16.1. The molecule has 2 aromatic carbocycles. The zero-order valence-corrected chi connectivity index (χ0v) is 16.9. The summed E-state index contributed by atoms with van der Waals surface area (Å²) in [6, 6.07) is 14.2. The van der Waals surface area contributed by atoms with E-state index >= 15 is 0 Å². The van der Waals surface area contributed by atoms with Crippen molar-refractivity contribution in [1.82, 2.24) is 24.6 Å². The van der Waals surface area contributed by atoms with Gasteiger partial charge in [0, 0.05) is 17.3 Å². The molecule has 0 aliphatic carbocycles. The van der Waals surface area contributed by atoms with Crippen LogP contribution in [-0.2, 0) is 0 Å². The van der Waals surface area contributed by atoms with Crippen LogP contribution < -0.4 is 4.74 Å². The van der Waals surface area contributed by atoms with Crippen LogP contribution in [0.3, 0.4) is 0 Å². The summed E-state index contributed by atoms with van der Waals surface area (Å²) in [6.45, 7) is 1.86. The smallest absolute Gasteiger partial charge is 0.220 e. The van der Waals surface area contributed by atoms with Crippen molar-refractivity contribution >= 4 is 28.3 Å². The van der Waals surface area contributed by atoms with Crippen LogP contribution in [-0.4, -0.2) is 31.7 Å². The lowest BCUT2D eigenvalue weighted by molar-refractivity contribution is 0.415. The Balaban J connectivity index is 1.85. The van der Waals surface area contributed by atoms with Crippen molar-refractivity contribution in [3.63, 3.8) is 0 Å². The van der Waals surface area contributed by atoms with Crippen molar-refractivity contribution in [3.8, 4) is 28.3 Å². The van der Waals surface area contributed by atoms with E-state index in [1.807, 2.05) is 23.5 Å². The first-order chi connectivity index (χ1) is 14.6. The van der Waals surface area contributed by atoms with Crippen molar-refractivity contribution in [2.45, 2.75) is 6.92 Å². The zero-order chi connectivity index (χ0) is 20.8. The van der Waals surface area contributed by atoms with Gasteiger partial charge in [-0.05, 0) is 55.0 Å². The molecule has 0 saturated carbocycles. The Bertz CT molecular complexity index is 1430. The summed E-state index contributed by atoms with van der Waals surface area (Å²) in [4.78, 5) is 8.45. The van der Waals surface area contributed by atoms with Crippen LogP contribution in [0.25, 0.3) is 39.2 Å². The molecule has 0 fully saturated rings. The number of halogens is 2. The second kappa shape index (κ2) is 7.03. The Morgan fingerprint density at radius 3 is 2.70 bits per heavy atom. The van der Waals surface area contributed by atoms with Gasteiger partial charge in [-0.25, -0.2) is 9.97 Å². The third kappa shape index (κ3) is 2.86. The maximum absolute atomic E-state index is 14.3. The Morgan fingerprint density at radius 2 is 1.90 bits per heavy atom. The van der Waals surface area contributed by atoms with Gasteiger partial charge in [-0.1, -0.05) is 17.7 Å². The summed E-state index contributed by atoms with van der Waals surface area (Å²) in [7, 11) is 1.59. The van der Waals surface area contributed by atoms with E-state index in [1.54, 1.807) is 43.5 Å². The average Bonchev–Trinajstić information content (AvgIpc) is 3.11. The predicted molar refractivity (Wildman–Crippen MR) is 113 cm³/mol. The Labute approximate surface area is 176 Å². The second-order valence-corrected chi connectivity index (χ2v) is 7.18. The van der Waals surface area contributed by atoms with Gasteiger partial charge in [0.2, 0.25) is 5.95 Å². The number of fused-ring (bicyclic) bond motifs is 3. The summed E-state index contributed by atoms with van der Waals surface area (Å²) < 4.78 is 21.5. The fourth-order valence-corrected chi connectivity index (χ4v) is 3.71. The topological polar surface area (TPSA) is 65.2 Å². The summed E-state index contributed by atoms with van der Waals surface area (Å²) in [5, 5.41) is 9.18. The molecule has 5 rings (SSSR count). The third-order valence-electron chi connectivity index (χ3n) is 4.97. The molecule has 8 heteroatoms. The minimum absolute atomic E-state index is 0.405. The molecule has 0 saturated heterocycles. The molecule has 0 spiro atoms. The number of aryl methyl sites for hydroxylation is 1. The molecule has 3 heterocycles. The molecule has 0 amide bonds. The first-order valence-corrected chi connectivity index (χ1v) is 9.55. The molecule has 0 atom stereocenters. The molecule has 30 heavy (non-hydrogen) atoms. The minimum atomic E-state index is -0.534. The predicted octanol–water partition coefficient (Wildman–Crippen LogP) is 5.12. The molecule has 0 aliphatic heterocycles. The normalized spacial score (nSPS) is 11.3. The van der Waals surface area contributed by atoms with Gasteiger partial charge in [0.05, 0.1) is 23.3 Å². The number of pyridine rings is 1. The van der Waals surface area contributed by atoms with E-state index in [2.05, 4.69) is 15.2 Å². The van der Waals surface area contributed by atoms with Gasteiger partial charge < -0.3 is 4.74 Å². The quantitative estimate of drug-likeness (QED) is 0.380. The standard InChI is InChI=1S/C22H15ClFN5O/c1-12-21-28-27-18-8-5-13(15-4-3-9-25-20(15)24)10-19(18)29(21)22(26-12)16-11-14(30-2)6-7-17(16)23/h3-11H,1-2H3. The number of hydrogen-bond acceptors (Lipinski definition) is 5. The molecule has 5 aromatic rings. The first kappa shape index (κ1) is 18.4. The van der Waals surface area contributed by atoms with Crippen LogP contribution in [0.15, 0.2) is 54.7 Å². The lowest BCUT2D eigenvalue weighted by atomic mass is 10.1. The number of methoxy groups -OCH3 is 1. The molecule has 0 radical (unpaired) electrons. The van der Waals surface area contributed by atoms with Crippen molar-refractivity contribution in [3.05, 3.63) is 71.4 Å². The first-order valence-electron chi connectivity index (χ1n) is 9.17. The van der Waals surface area contributed by atoms with E-state index in [-0.39, 0.29) is 0 Å². The van der Waals surface area contributed by atoms with Gasteiger partial charge in [-0.3, -0.25) is 4.40 Å². The van der Waals surface area contributed by atoms with E-state index in [0.717, 1.165) is 5.52 Å². The van der Waals surface area contributed by atoms with E-state index < -0.39 is 5.95 Å². The number of hydrogen-bond donors (Lipinski definition) is 0. The van der Waals surface area contributed by atoms with E-state index in [9.17, 15) is 4.39 Å². The molecule has 0 aliphatic rings. The SMILES string of the molecule is COc1ccc(Cl)c(-c2nc(C)c3nnc4ccc(-c5cccnc5F)cc4n23)c1. The molecule has 3 aromatic heterocycles. The number of aromatic nitrogens is 5. The maximum atomic E-state index is 14.3. The molecule has 6 nitrogen and oxygen atoms in total. The van der Waals surface area contributed by atoms with Crippen LogP contribution >= 0.6 is 11.6 Å².